The largest absolute Gasteiger partial charge is 0.324 e. The van der Waals surface area contributed by atoms with Crippen LogP contribution in [0.1, 0.15) is 34.7 Å². The van der Waals surface area contributed by atoms with Gasteiger partial charge in [0.1, 0.15) is 15.8 Å². The van der Waals surface area contributed by atoms with Crippen LogP contribution in [0.15, 0.2) is 65.1 Å². The van der Waals surface area contributed by atoms with E-state index in [1.165, 1.54) is 6.92 Å². The molecule has 1 saturated heterocycles. The summed E-state index contributed by atoms with van der Waals surface area (Å²) < 4.78 is 0.695. The summed E-state index contributed by atoms with van der Waals surface area (Å²) in [4.78, 5) is 39.8. The zero-order valence-corrected chi connectivity index (χ0v) is 23.5. The topological polar surface area (TPSA) is 66.5 Å². The van der Waals surface area contributed by atoms with Gasteiger partial charge in [-0.05, 0) is 69.7 Å². The number of carbonyl (C=O) groups is 3. The minimum absolute atomic E-state index is 0.424. The van der Waals surface area contributed by atoms with Crippen molar-refractivity contribution in [2.24, 2.45) is 11.8 Å². The minimum Gasteiger partial charge on any atom is -0.324 e. The maximum Gasteiger partial charge on any atom is 0.247 e. The fourth-order valence-electron chi connectivity index (χ4n) is 6.21. The molecule has 0 saturated carbocycles. The second kappa shape index (κ2) is 8.31. The Bertz CT molecular complexity index is 1420. The Kier molecular flexibility index (Phi) is 5.60. The quantitative estimate of drug-likeness (QED) is 0.276. The van der Waals surface area contributed by atoms with Crippen molar-refractivity contribution in [3.05, 3.63) is 98.0 Å². The zero-order chi connectivity index (χ0) is 26.4. The van der Waals surface area contributed by atoms with Crippen molar-refractivity contribution < 1.29 is 14.4 Å². The number of hydrogen-bond donors (Lipinski definition) is 1. The van der Waals surface area contributed by atoms with Gasteiger partial charge in [0.15, 0.2) is 0 Å². The normalized spacial score (nSPS) is 28.0. The summed E-state index contributed by atoms with van der Waals surface area (Å²) >= 11 is 24.5. The molecule has 1 fully saturated rings. The molecule has 5 nitrogen and oxygen atoms in total. The number of nitrogens with one attached hydrogen (secondary N) is 1. The number of imide groups is 1. The van der Waals surface area contributed by atoms with E-state index >= 15 is 0 Å². The van der Waals surface area contributed by atoms with Gasteiger partial charge in [-0.2, -0.15) is 0 Å². The molecule has 188 valence electrons. The van der Waals surface area contributed by atoms with Crippen LogP contribution in [-0.2, 0) is 24.1 Å². The molecule has 0 unspecified atom stereocenters. The van der Waals surface area contributed by atoms with Gasteiger partial charge >= 0.3 is 0 Å². The van der Waals surface area contributed by atoms with Crippen LogP contribution < -0.4 is 5.32 Å². The van der Waals surface area contributed by atoms with Gasteiger partial charge in [-0.3, -0.25) is 19.3 Å². The number of alkyl halides is 2. The third-order valence-electron chi connectivity index (χ3n) is 7.91. The molecular formula is C28H20BrCl3N2O3. The highest BCUT2D eigenvalue weighted by Crippen LogP contribution is 2.69. The zero-order valence-electron chi connectivity index (χ0n) is 19.7. The molecule has 3 amide bonds. The van der Waals surface area contributed by atoms with Crippen LogP contribution in [-0.4, -0.2) is 28.7 Å². The van der Waals surface area contributed by atoms with Gasteiger partial charge < -0.3 is 5.32 Å². The summed E-state index contributed by atoms with van der Waals surface area (Å²) in [5.41, 5.74) is 4.12. The number of anilines is 1. The van der Waals surface area contributed by atoms with Gasteiger partial charge in [0.2, 0.25) is 17.7 Å². The van der Waals surface area contributed by atoms with Crippen LogP contribution in [0.3, 0.4) is 0 Å². The van der Waals surface area contributed by atoms with Crippen molar-refractivity contribution in [1.29, 1.82) is 0 Å². The predicted octanol–water partition coefficient (Wildman–Crippen LogP) is 6.33. The summed E-state index contributed by atoms with van der Waals surface area (Å²) in [6.45, 7) is 3.35. The van der Waals surface area contributed by atoms with Gasteiger partial charge in [0, 0.05) is 10.2 Å². The number of halogens is 4. The maximum absolute atomic E-state index is 14.0. The van der Waals surface area contributed by atoms with Crippen molar-refractivity contribution in [2.75, 3.05) is 5.32 Å². The van der Waals surface area contributed by atoms with E-state index < -0.39 is 45.3 Å². The van der Waals surface area contributed by atoms with Crippen LogP contribution >= 0.6 is 50.7 Å². The first-order chi connectivity index (χ1) is 17.5. The number of likely N-dealkylation sites (tertiary alicyclic amines) is 1. The molecule has 3 aromatic carbocycles. The highest BCUT2D eigenvalue weighted by atomic mass is 79.9. The molecule has 3 atom stereocenters. The molecule has 0 spiro atoms. The summed E-state index contributed by atoms with van der Waals surface area (Å²) in [6.07, 6.45) is 0. The number of hydrogen-bond acceptors (Lipinski definition) is 3. The highest BCUT2D eigenvalue weighted by Gasteiger charge is 2.73. The maximum atomic E-state index is 14.0. The average Bonchev–Trinajstić information content (AvgIpc) is 3.16. The molecule has 3 aromatic rings. The number of benzene rings is 3. The molecule has 1 aliphatic heterocycles. The molecule has 2 bridgehead atoms. The number of carbonyl (C=O) groups excluding carboxylic acids is 3. The molecule has 1 N–H and O–H groups in total. The van der Waals surface area contributed by atoms with E-state index in [9.17, 15) is 14.4 Å². The van der Waals surface area contributed by atoms with E-state index in [1.54, 1.807) is 12.1 Å². The molecule has 0 aromatic heterocycles. The van der Waals surface area contributed by atoms with Gasteiger partial charge in [0.05, 0.1) is 16.9 Å². The standard InChI is InChI=1S/C28H20BrCl3N2O3/c1-13-11-19(29)20(30)12-21(13)33-24(35)14(2)34-25(36)22-23(26(34)37)28(32)16-8-4-3-7-15(16)27(22,31)17-9-5-6-10-18(17)28/h3-12,14,22-23H,1-2H3,(H,33,35)/t14-,22-,23+,27?,28?/m1/s1. The first kappa shape index (κ1) is 24.9. The third-order valence-corrected chi connectivity index (χ3v) is 10.4. The predicted molar refractivity (Wildman–Crippen MR) is 147 cm³/mol. The van der Waals surface area contributed by atoms with E-state index in [0.717, 1.165) is 10.5 Å². The Balaban J connectivity index is 1.43. The third kappa shape index (κ3) is 3.13. The minimum atomic E-state index is -1.29. The molecule has 37 heavy (non-hydrogen) atoms. The lowest BCUT2D eigenvalue weighted by atomic mass is 9.54. The van der Waals surface area contributed by atoms with Gasteiger partial charge in [-0.15, -0.1) is 23.2 Å². The Hall–Kier alpha value is -2.38. The number of nitrogens with zero attached hydrogens (tertiary/aromatic N) is 1. The van der Waals surface area contributed by atoms with Gasteiger partial charge in [0.25, 0.3) is 0 Å². The molecule has 1 heterocycles. The highest BCUT2D eigenvalue weighted by molar-refractivity contribution is 9.10. The van der Waals surface area contributed by atoms with E-state index in [-0.39, 0.29) is 0 Å². The molecule has 0 radical (unpaired) electrons. The summed E-state index contributed by atoms with van der Waals surface area (Å²) in [5, 5.41) is 3.24. The Morgan fingerprint density at radius 2 is 1.35 bits per heavy atom. The van der Waals surface area contributed by atoms with Crippen LogP contribution in [0.25, 0.3) is 0 Å². The lowest BCUT2D eigenvalue weighted by Crippen LogP contribution is -2.57. The Labute approximate surface area is 237 Å². The number of amides is 3. The summed E-state index contributed by atoms with van der Waals surface area (Å²) in [7, 11) is 0. The van der Waals surface area contributed by atoms with Crippen molar-refractivity contribution >= 4 is 74.1 Å². The monoisotopic (exact) mass is 616 g/mol. The summed E-state index contributed by atoms with van der Waals surface area (Å²) in [6, 6.07) is 17.2. The Morgan fingerprint density at radius 1 is 0.919 bits per heavy atom. The van der Waals surface area contributed by atoms with Crippen molar-refractivity contribution in [1.82, 2.24) is 4.90 Å². The lowest BCUT2D eigenvalue weighted by molar-refractivity contribution is -0.146. The second-order valence-corrected chi connectivity index (χ2v) is 12.2. The van der Waals surface area contributed by atoms with E-state index in [4.69, 9.17) is 34.8 Å². The van der Waals surface area contributed by atoms with Crippen LogP contribution in [0.5, 0.6) is 0 Å². The van der Waals surface area contributed by atoms with Crippen LogP contribution in [0, 0.1) is 18.8 Å². The first-order valence-electron chi connectivity index (χ1n) is 11.7. The van der Waals surface area contributed by atoms with Crippen molar-refractivity contribution in [3.8, 4) is 0 Å². The van der Waals surface area contributed by atoms with Crippen LogP contribution in [0.2, 0.25) is 5.02 Å². The smallest absolute Gasteiger partial charge is 0.247 e. The molecule has 4 aliphatic rings. The number of aryl methyl sites for hydroxylation is 1. The van der Waals surface area contributed by atoms with Crippen LogP contribution in [0.4, 0.5) is 5.69 Å². The summed E-state index contributed by atoms with van der Waals surface area (Å²) in [5.74, 6) is -3.44. The molecule has 3 aliphatic carbocycles. The van der Waals surface area contributed by atoms with Gasteiger partial charge in [-0.1, -0.05) is 60.1 Å². The molecule has 7 rings (SSSR count). The molecule has 9 heteroatoms. The Morgan fingerprint density at radius 3 is 1.78 bits per heavy atom. The van der Waals surface area contributed by atoms with Crippen molar-refractivity contribution in [3.63, 3.8) is 0 Å². The number of rotatable bonds is 3. The van der Waals surface area contributed by atoms with E-state index in [0.29, 0.717) is 37.4 Å². The van der Waals surface area contributed by atoms with E-state index in [1.807, 2.05) is 55.5 Å². The first-order valence-corrected chi connectivity index (χ1v) is 13.7. The van der Waals surface area contributed by atoms with E-state index in [2.05, 4.69) is 21.2 Å². The van der Waals surface area contributed by atoms with Crippen molar-refractivity contribution in [2.45, 2.75) is 29.6 Å². The fraction of sp³-hybridized carbons (Fsp3) is 0.250. The average molecular weight is 619 g/mol. The second-order valence-electron chi connectivity index (χ2n) is 9.76. The lowest BCUT2D eigenvalue weighted by Gasteiger charge is -2.54. The SMILES string of the molecule is Cc1cc(Br)c(Cl)cc1NC(=O)[C@@H](C)N1C(=O)[C@@H]2[C@H](C1=O)C1(Cl)c3ccccc3C2(Cl)c2ccccc21. The molecular weight excluding hydrogens is 599 g/mol. The van der Waals surface area contributed by atoms with Gasteiger partial charge in [-0.25, -0.2) is 0 Å². The fourth-order valence-corrected chi connectivity index (χ4v) is 7.93.